The Morgan fingerprint density at radius 2 is 1.60 bits per heavy atom. The summed E-state index contributed by atoms with van der Waals surface area (Å²) in [4.78, 5) is 28.9. The number of rotatable bonds is 13. The maximum Gasteiger partial charge on any atom is 0.264 e. The minimum atomic E-state index is -4.30. The molecule has 0 unspecified atom stereocenters. The van der Waals surface area contributed by atoms with Crippen molar-refractivity contribution < 1.29 is 27.5 Å². The molecule has 0 saturated carbocycles. The summed E-state index contributed by atoms with van der Waals surface area (Å²) in [5.41, 5.74) is 1.59. The normalized spacial score (nSPS) is 12.0. The molecular weight excluding hydrogens is 613 g/mol. The van der Waals surface area contributed by atoms with Crippen molar-refractivity contribution in [3.63, 3.8) is 0 Å². The number of halogens is 2. The molecule has 9 nitrogen and oxygen atoms in total. The molecule has 2 amide bonds. The molecule has 0 heterocycles. The summed E-state index contributed by atoms with van der Waals surface area (Å²) < 4.78 is 40.2. The molecular formula is C31H37Cl2N3O6S. The Hall–Kier alpha value is -3.47. The maximum atomic E-state index is 14.3. The lowest BCUT2D eigenvalue weighted by Crippen LogP contribution is -2.53. The zero-order valence-corrected chi connectivity index (χ0v) is 27.4. The van der Waals surface area contributed by atoms with Crippen LogP contribution in [0.4, 0.5) is 5.69 Å². The number of nitrogens with zero attached hydrogens (tertiary/aromatic N) is 2. The highest BCUT2D eigenvalue weighted by Crippen LogP contribution is 2.36. The van der Waals surface area contributed by atoms with Crippen molar-refractivity contribution in [1.82, 2.24) is 10.2 Å². The fourth-order valence-electron chi connectivity index (χ4n) is 4.48. The van der Waals surface area contributed by atoms with Crippen LogP contribution in [0.25, 0.3) is 0 Å². The molecule has 0 bridgehead atoms. The topological polar surface area (TPSA) is 105 Å². The second-order valence-electron chi connectivity index (χ2n) is 10.2. The van der Waals surface area contributed by atoms with E-state index in [1.165, 1.54) is 37.3 Å². The number of carbonyl (C=O) groups is 2. The maximum absolute atomic E-state index is 14.3. The SMILES string of the molecule is CC[C@@H](C(=O)NC(C)C)N(Cc1ccc(Cl)c(Cl)c1)C(=O)CN(c1cc(OC)ccc1OC)S(=O)(=O)c1ccc(C)cc1. The number of aryl methyl sites for hydroxylation is 1. The number of nitrogens with one attached hydrogen (secondary N) is 1. The van der Waals surface area contributed by atoms with Crippen LogP contribution in [0.5, 0.6) is 11.5 Å². The molecule has 3 aromatic carbocycles. The minimum Gasteiger partial charge on any atom is -0.497 e. The molecule has 3 aromatic rings. The Morgan fingerprint density at radius 1 is 0.930 bits per heavy atom. The van der Waals surface area contributed by atoms with Crippen LogP contribution < -0.4 is 19.1 Å². The Bertz CT molecular complexity index is 1550. The Labute approximate surface area is 263 Å². The number of anilines is 1. The first-order valence-electron chi connectivity index (χ1n) is 13.7. The molecule has 12 heteroatoms. The molecule has 0 aliphatic heterocycles. The molecule has 0 radical (unpaired) electrons. The van der Waals surface area contributed by atoms with E-state index >= 15 is 0 Å². The molecule has 0 spiro atoms. The summed E-state index contributed by atoms with van der Waals surface area (Å²) in [6, 6.07) is 14.8. The van der Waals surface area contributed by atoms with Gasteiger partial charge in [0.25, 0.3) is 10.0 Å². The van der Waals surface area contributed by atoms with E-state index in [1.807, 2.05) is 20.8 Å². The second kappa shape index (κ2) is 14.8. The summed E-state index contributed by atoms with van der Waals surface area (Å²) in [5.74, 6) is -0.400. The van der Waals surface area contributed by atoms with Gasteiger partial charge in [0.05, 0.1) is 34.8 Å². The number of benzene rings is 3. The van der Waals surface area contributed by atoms with Crippen LogP contribution in [0, 0.1) is 6.92 Å². The van der Waals surface area contributed by atoms with Gasteiger partial charge in [0.15, 0.2) is 0 Å². The van der Waals surface area contributed by atoms with Gasteiger partial charge in [-0.2, -0.15) is 0 Å². The van der Waals surface area contributed by atoms with Gasteiger partial charge in [-0.15, -0.1) is 0 Å². The van der Waals surface area contributed by atoms with Crippen molar-refractivity contribution in [1.29, 1.82) is 0 Å². The lowest BCUT2D eigenvalue weighted by Gasteiger charge is -2.34. The molecule has 0 aliphatic carbocycles. The number of methoxy groups -OCH3 is 2. The van der Waals surface area contributed by atoms with E-state index < -0.39 is 28.5 Å². The number of carbonyl (C=O) groups excluding carboxylic acids is 2. The van der Waals surface area contributed by atoms with Crippen LogP contribution in [0.2, 0.25) is 10.0 Å². The van der Waals surface area contributed by atoms with E-state index in [1.54, 1.807) is 49.4 Å². The highest BCUT2D eigenvalue weighted by atomic mass is 35.5. The number of ether oxygens (including phenoxy) is 2. The Kier molecular flexibility index (Phi) is 11.7. The lowest BCUT2D eigenvalue weighted by molar-refractivity contribution is -0.140. The molecule has 3 rings (SSSR count). The van der Waals surface area contributed by atoms with Crippen LogP contribution in [-0.4, -0.2) is 58.0 Å². The van der Waals surface area contributed by atoms with Gasteiger partial charge >= 0.3 is 0 Å². The zero-order chi connectivity index (χ0) is 31.9. The number of amides is 2. The van der Waals surface area contributed by atoms with E-state index in [4.69, 9.17) is 32.7 Å². The first-order valence-corrected chi connectivity index (χ1v) is 15.9. The van der Waals surface area contributed by atoms with Gasteiger partial charge < -0.3 is 19.7 Å². The van der Waals surface area contributed by atoms with Gasteiger partial charge in [-0.25, -0.2) is 8.42 Å². The molecule has 232 valence electrons. The molecule has 0 aromatic heterocycles. The molecule has 0 aliphatic rings. The van der Waals surface area contributed by atoms with Crippen molar-refractivity contribution in [3.8, 4) is 11.5 Å². The van der Waals surface area contributed by atoms with Crippen LogP contribution in [0.3, 0.4) is 0 Å². The highest BCUT2D eigenvalue weighted by Gasteiger charge is 2.35. The van der Waals surface area contributed by atoms with Crippen molar-refractivity contribution >= 4 is 50.7 Å². The predicted octanol–water partition coefficient (Wildman–Crippen LogP) is 5.85. The van der Waals surface area contributed by atoms with Crippen molar-refractivity contribution in [2.24, 2.45) is 0 Å². The van der Waals surface area contributed by atoms with Gasteiger partial charge in [-0.3, -0.25) is 13.9 Å². The van der Waals surface area contributed by atoms with Gasteiger partial charge in [0.2, 0.25) is 11.8 Å². The van der Waals surface area contributed by atoms with Crippen LogP contribution in [0.15, 0.2) is 65.6 Å². The number of hydrogen-bond acceptors (Lipinski definition) is 6. The second-order valence-corrected chi connectivity index (χ2v) is 12.9. The van der Waals surface area contributed by atoms with E-state index in [-0.39, 0.29) is 46.3 Å². The number of sulfonamides is 1. The Morgan fingerprint density at radius 3 is 2.16 bits per heavy atom. The molecule has 0 saturated heterocycles. The van der Waals surface area contributed by atoms with Crippen LogP contribution >= 0.6 is 23.2 Å². The van der Waals surface area contributed by atoms with E-state index in [0.29, 0.717) is 16.3 Å². The van der Waals surface area contributed by atoms with Gasteiger partial charge in [-0.05, 0) is 69.2 Å². The first kappa shape index (κ1) is 34.0. The van der Waals surface area contributed by atoms with Crippen molar-refractivity contribution in [3.05, 3.63) is 81.8 Å². The van der Waals surface area contributed by atoms with Gasteiger partial charge in [0.1, 0.15) is 24.1 Å². The highest BCUT2D eigenvalue weighted by molar-refractivity contribution is 7.92. The molecule has 43 heavy (non-hydrogen) atoms. The van der Waals surface area contributed by atoms with Gasteiger partial charge in [-0.1, -0.05) is 53.9 Å². The number of hydrogen-bond donors (Lipinski definition) is 1. The van der Waals surface area contributed by atoms with E-state index in [2.05, 4.69) is 5.32 Å². The van der Waals surface area contributed by atoms with Crippen LogP contribution in [0.1, 0.15) is 38.3 Å². The van der Waals surface area contributed by atoms with Crippen molar-refractivity contribution in [2.75, 3.05) is 25.1 Å². The van der Waals surface area contributed by atoms with E-state index in [9.17, 15) is 18.0 Å². The quantitative estimate of drug-likeness (QED) is 0.249. The third-order valence-corrected chi connectivity index (χ3v) is 9.21. The van der Waals surface area contributed by atoms with Gasteiger partial charge in [0, 0.05) is 18.7 Å². The summed E-state index contributed by atoms with van der Waals surface area (Å²) >= 11 is 12.4. The summed E-state index contributed by atoms with van der Waals surface area (Å²) in [7, 11) is -1.44. The lowest BCUT2D eigenvalue weighted by atomic mass is 10.1. The Balaban J connectivity index is 2.17. The summed E-state index contributed by atoms with van der Waals surface area (Å²) in [5, 5.41) is 3.50. The minimum absolute atomic E-state index is 0.0172. The molecule has 1 N–H and O–H groups in total. The zero-order valence-electron chi connectivity index (χ0n) is 25.1. The fraction of sp³-hybridized carbons (Fsp3) is 0.355. The van der Waals surface area contributed by atoms with E-state index in [0.717, 1.165) is 9.87 Å². The standard InChI is InChI=1S/C31H37Cl2N3O6S/c1-7-27(31(38)34-20(2)3)35(18-22-10-14-25(32)26(33)16-22)30(37)19-36(28-17-23(41-5)11-15-29(28)42-6)43(39,40)24-12-8-21(4)9-13-24/h8-17,20,27H,7,18-19H2,1-6H3,(H,34,38)/t27-/m0/s1. The monoisotopic (exact) mass is 649 g/mol. The molecule has 1 atom stereocenters. The van der Waals surface area contributed by atoms with Crippen molar-refractivity contribution in [2.45, 2.75) is 57.6 Å². The first-order chi connectivity index (χ1) is 20.3. The average molecular weight is 651 g/mol. The van der Waals surface area contributed by atoms with Crippen LogP contribution in [-0.2, 0) is 26.2 Å². The summed E-state index contributed by atoms with van der Waals surface area (Å²) in [6.45, 7) is 6.61. The fourth-order valence-corrected chi connectivity index (χ4v) is 6.21. The average Bonchev–Trinajstić information content (AvgIpc) is 2.96. The largest absolute Gasteiger partial charge is 0.497 e. The third kappa shape index (κ3) is 8.34. The predicted molar refractivity (Wildman–Crippen MR) is 170 cm³/mol. The summed E-state index contributed by atoms with van der Waals surface area (Å²) in [6.07, 6.45) is 0.277. The smallest absolute Gasteiger partial charge is 0.264 e. The third-order valence-electron chi connectivity index (χ3n) is 6.70. The molecule has 0 fully saturated rings.